The summed E-state index contributed by atoms with van der Waals surface area (Å²) in [4.78, 5) is 17.0. The van der Waals surface area contributed by atoms with Crippen molar-refractivity contribution in [1.82, 2.24) is 0 Å². The van der Waals surface area contributed by atoms with Gasteiger partial charge in [0.05, 0.1) is 21.2 Å². The third-order valence-electron chi connectivity index (χ3n) is 6.69. The summed E-state index contributed by atoms with van der Waals surface area (Å²) in [5, 5.41) is 29.7. The quantitative estimate of drug-likeness (QED) is 0.0468. The minimum atomic E-state index is -5.00. The third-order valence-corrected chi connectivity index (χ3v) is 10.3. The van der Waals surface area contributed by atoms with Crippen molar-refractivity contribution in [3.8, 4) is 0 Å². The topological polar surface area (TPSA) is 328 Å². The molecular formula is C28H20N4O16S4. The van der Waals surface area contributed by atoms with Gasteiger partial charge in [-0.25, -0.2) is 0 Å². The van der Waals surface area contributed by atoms with Gasteiger partial charge in [-0.1, -0.05) is 36.4 Å². The minimum Gasteiger partial charge on any atom is -0.282 e. The van der Waals surface area contributed by atoms with Crippen LogP contribution < -0.4 is 0 Å². The van der Waals surface area contributed by atoms with Crippen LogP contribution in [0.3, 0.4) is 0 Å². The second-order valence-electron chi connectivity index (χ2n) is 10.2. The second-order valence-corrected chi connectivity index (χ2v) is 15.7. The largest absolute Gasteiger partial charge is 0.295 e. The predicted octanol–water partition coefficient (Wildman–Crippen LogP) is 5.25. The summed E-state index contributed by atoms with van der Waals surface area (Å²) >= 11 is 0. The molecule has 272 valence electrons. The van der Waals surface area contributed by atoms with Crippen LogP contribution in [0.25, 0.3) is 24.3 Å². The van der Waals surface area contributed by atoms with Crippen LogP contribution in [0.2, 0.25) is 0 Å². The van der Waals surface area contributed by atoms with E-state index in [4.69, 9.17) is 0 Å². The van der Waals surface area contributed by atoms with Crippen molar-refractivity contribution in [2.24, 2.45) is 10.2 Å². The number of azo groups is 1. The number of nitro groups is 2. The summed E-state index contributed by atoms with van der Waals surface area (Å²) in [5.74, 6) is 0. The number of hydrogen-bond acceptors (Lipinski definition) is 14. The summed E-state index contributed by atoms with van der Waals surface area (Å²) < 4.78 is 135. The summed E-state index contributed by atoms with van der Waals surface area (Å²) in [6.45, 7) is 0. The maximum atomic E-state index is 12.2. The van der Waals surface area contributed by atoms with Gasteiger partial charge >= 0.3 is 0 Å². The minimum absolute atomic E-state index is 0.230. The van der Waals surface area contributed by atoms with E-state index in [2.05, 4.69) is 10.2 Å². The average molecular weight is 797 g/mol. The van der Waals surface area contributed by atoms with Crippen LogP contribution in [0.4, 0.5) is 22.7 Å². The molecule has 0 unspecified atom stereocenters. The molecule has 0 radical (unpaired) electrons. The third kappa shape index (κ3) is 9.59. The van der Waals surface area contributed by atoms with E-state index >= 15 is 0 Å². The average Bonchev–Trinajstić information content (AvgIpc) is 3.03. The molecule has 0 heterocycles. The lowest BCUT2D eigenvalue weighted by atomic mass is 10.1. The zero-order valence-corrected chi connectivity index (χ0v) is 28.6. The van der Waals surface area contributed by atoms with Crippen molar-refractivity contribution in [3.63, 3.8) is 0 Å². The fourth-order valence-corrected chi connectivity index (χ4v) is 7.18. The Morgan fingerprint density at radius 3 is 0.942 bits per heavy atom. The molecule has 0 saturated heterocycles. The van der Waals surface area contributed by atoms with Gasteiger partial charge in [0.2, 0.25) is 0 Å². The van der Waals surface area contributed by atoms with Gasteiger partial charge in [0.25, 0.3) is 51.8 Å². The van der Waals surface area contributed by atoms with Crippen LogP contribution in [0.5, 0.6) is 0 Å². The number of hydrogen-bond donors (Lipinski definition) is 4. The molecule has 0 amide bonds. The van der Waals surface area contributed by atoms with Gasteiger partial charge in [0.1, 0.15) is 19.6 Å². The van der Waals surface area contributed by atoms with Gasteiger partial charge in [-0.3, -0.25) is 38.4 Å². The molecule has 0 aromatic heterocycles. The summed E-state index contributed by atoms with van der Waals surface area (Å²) in [7, 11) is -19.9. The fourth-order valence-electron chi connectivity index (χ4n) is 4.36. The predicted molar refractivity (Wildman–Crippen MR) is 180 cm³/mol. The molecule has 20 nitrogen and oxygen atoms in total. The van der Waals surface area contributed by atoms with Gasteiger partial charge in [-0.2, -0.15) is 43.9 Å². The second kappa shape index (κ2) is 14.6. The van der Waals surface area contributed by atoms with Crippen LogP contribution in [0, 0.1) is 20.2 Å². The highest BCUT2D eigenvalue weighted by atomic mass is 32.2. The molecule has 0 aliphatic rings. The van der Waals surface area contributed by atoms with Crippen molar-refractivity contribution in [2.75, 3.05) is 0 Å². The van der Waals surface area contributed by atoms with Crippen LogP contribution in [0.1, 0.15) is 22.3 Å². The Hall–Kier alpha value is -5.60. The molecule has 0 spiro atoms. The molecular weight excluding hydrogens is 777 g/mol. The monoisotopic (exact) mass is 796 g/mol. The first-order chi connectivity index (χ1) is 23.9. The van der Waals surface area contributed by atoms with E-state index in [0.717, 1.165) is 72.8 Å². The van der Waals surface area contributed by atoms with Crippen LogP contribution >= 0.6 is 0 Å². The first kappa shape index (κ1) is 39.2. The lowest BCUT2D eigenvalue weighted by Gasteiger charge is -2.07. The molecule has 4 N–H and O–H groups in total. The molecule has 0 aliphatic heterocycles. The van der Waals surface area contributed by atoms with E-state index in [0.29, 0.717) is 12.1 Å². The molecule has 52 heavy (non-hydrogen) atoms. The van der Waals surface area contributed by atoms with Crippen LogP contribution in [-0.4, -0.2) is 61.7 Å². The number of nitrogens with zero attached hydrogens (tertiary/aromatic N) is 4. The Morgan fingerprint density at radius 2 is 0.692 bits per heavy atom. The number of non-ortho nitro benzene ring substituents is 2. The van der Waals surface area contributed by atoms with E-state index in [-0.39, 0.29) is 33.6 Å². The SMILES string of the molecule is O=[N+]([O-])c1ccc(/C=C\c2ccc(N=Nc3ccc(/C=C/c4ccc([N+](=O)[O-])cc4S(=O)(=O)O)c(S(=O)(=O)O)c3)cc2S(=O)(=O)O)c(S(=O)(=O)O)c1. The Balaban J connectivity index is 1.70. The van der Waals surface area contributed by atoms with E-state index in [1.54, 1.807) is 0 Å². The van der Waals surface area contributed by atoms with Crippen molar-refractivity contribution in [3.05, 3.63) is 115 Å². The fraction of sp³-hybridized carbons (Fsp3) is 0. The van der Waals surface area contributed by atoms with Gasteiger partial charge < -0.3 is 0 Å². The van der Waals surface area contributed by atoms with Crippen LogP contribution in [-0.2, 0) is 40.5 Å². The lowest BCUT2D eigenvalue weighted by molar-refractivity contribution is -0.385. The molecule has 0 bridgehead atoms. The van der Waals surface area contributed by atoms with Crippen molar-refractivity contribution < 1.29 is 61.7 Å². The van der Waals surface area contributed by atoms with Gasteiger partial charge in [-0.05, 0) is 58.7 Å². The highest BCUT2D eigenvalue weighted by Crippen LogP contribution is 2.31. The molecule has 4 aromatic rings. The molecule has 24 heteroatoms. The van der Waals surface area contributed by atoms with Gasteiger partial charge in [0.15, 0.2) is 0 Å². The Labute approximate surface area is 293 Å². The Kier molecular flexibility index (Phi) is 11.0. The summed E-state index contributed by atoms with van der Waals surface area (Å²) in [5.41, 5.74) is -2.82. The first-order valence-electron chi connectivity index (χ1n) is 13.5. The molecule has 4 rings (SSSR count). The zero-order chi connectivity index (χ0) is 38.8. The van der Waals surface area contributed by atoms with Crippen molar-refractivity contribution >= 4 is 87.5 Å². The molecule has 4 aromatic carbocycles. The number of benzene rings is 4. The first-order valence-corrected chi connectivity index (χ1v) is 19.2. The number of rotatable bonds is 12. The highest BCUT2D eigenvalue weighted by molar-refractivity contribution is 7.86. The zero-order valence-electron chi connectivity index (χ0n) is 25.3. The maximum absolute atomic E-state index is 12.2. The van der Waals surface area contributed by atoms with E-state index in [1.165, 1.54) is 12.1 Å². The standard InChI is InChI=1S/C28H20N4O16S4/c33-31(34)23-11-7-19(27(15-23)51(43,44)45)3-1-17-5-9-21(13-25(17)49(37,38)39)29-30-22-10-6-18(26(14-22)50(40,41)42)2-4-20-8-12-24(32(35)36)16-28(20)52(46,47)48/h1-16H,(H,37,38,39)(H,40,41,42)(H,43,44,45)(H,46,47,48)/b3-1-,4-2+,30-29?. The van der Waals surface area contributed by atoms with Crippen LogP contribution in [0.15, 0.2) is 103 Å². The van der Waals surface area contributed by atoms with Gasteiger partial charge in [-0.15, -0.1) is 0 Å². The molecule has 0 aliphatic carbocycles. The van der Waals surface area contributed by atoms with Gasteiger partial charge in [0, 0.05) is 24.3 Å². The molecule has 0 atom stereocenters. The summed E-state index contributed by atoms with van der Waals surface area (Å²) in [6, 6.07) is 11.2. The highest BCUT2D eigenvalue weighted by Gasteiger charge is 2.22. The normalized spacial score (nSPS) is 12.9. The van der Waals surface area contributed by atoms with Crippen molar-refractivity contribution in [2.45, 2.75) is 19.6 Å². The van der Waals surface area contributed by atoms with E-state index < -0.39 is 81.3 Å². The molecule has 0 saturated carbocycles. The lowest BCUT2D eigenvalue weighted by Crippen LogP contribution is -2.03. The summed E-state index contributed by atoms with van der Waals surface area (Å²) in [6.07, 6.45) is 4.02. The van der Waals surface area contributed by atoms with E-state index in [1.807, 2.05) is 0 Å². The Bertz CT molecular complexity index is 2510. The number of nitro benzene ring substituents is 2. The Morgan fingerprint density at radius 1 is 0.442 bits per heavy atom. The molecule has 0 fully saturated rings. The van der Waals surface area contributed by atoms with Crippen molar-refractivity contribution in [1.29, 1.82) is 0 Å². The van der Waals surface area contributed by atoms with E-state index in [9.17, 15) is 72.1 Å². The maximum Gasteiger partial charge on any atom is 0.295 e. The smallest absolute Gasteiger partial charge is 0.282 e.